The van der Waals surface area contributed by atoms with Crippen LogP contribution in [0.5, 0.6) is 0 Å². The van der Waals surface area contributed by atoms with Crippen molar-refractivity contribution in [2.45, 2.75) is 9.17 Å². The molecule has 0 heterocycles. The number of Topliss-reactive ketones (excluding diaryl/α,β-unsaturated/α-hetero) is 2. The summed E-state index contributed by atoms with van der Waals surface area (Å²) >= 11 is 23.8. The molecule has 0 aliphatic rings. The SMILES string of the molecule is O=C(c1ccccc1C(Cl)(Cl)C(=O)c1ccccc1)C(Cl)Cl. The average Bonchev–Trinajstić information content (AvgIpc) is 2.54. The molecule has 2 rings (SSSR count). The van der Waals surface area contributed by atoms with Gasteiger partial charge in [0.05, 0.1) is 0 Å². The van der Waals surface area contributed by atoms with Gasteiger partial charge in [0.15, 0.2) is 10.6 Å². The first kappa shape index (κ1) is 17.3. The summed E-state index contributed by atoms with van der Waals surface area (Å²) in [5.74, 6) is -1.09. The number of alkyl halides is 4. The fourth-order valence-corrected chi connectivity index (χ4v) is 2.77. The maximum Gasteiger partial charge on any atom is 0.206 e. The van der Waals surface area contributed by atoms with Crippen molar-refractivity contribution in [1.82, 2.24) is 0 Å². The molecule has 0 saturated carbocycles. The van der Waals surface area contributed by atoms with Crippen molar-refractivity contribution in [2.75, 3.05) is 0 Å². The van der Waals surface area contributed by atoms with Gasteiger partial charge in [0.1, 0.15) is 0 Å². The molecule has 114 valence electrons. The molecule has 6 heteroatoms. The fraction of sp³-hybridized carbons (Fsp3) is 0.125. The first-order valence-corrected chi connectivity index (χ1v) is 7.88. The number of carbonyl (C=O) groups is 2. The van der Waals surface area contributed by atoms with E-state index in [-0.39, 0.29) is 11.1 Å². The largest absolute Gasteiger partial charge is 0.291 e. The van der Waals surface area contributed by atoms with E-state index in [4.69, 9.17) is 46.4 Å². The maximum absolute atomic E-state index is 12.6. The molecule has 0 amide bonds. The molecule has 22 heavy (non-hydrogen) atoms. The number of carbonyl (C=O) groups excluding carboxylic acids is 2. The molecule has 2 aromatic carbocycles. The highest BCUT2D eigenvalue weighted by atomic mass is 35.5. The molecule has 0 bridgehead atoms. The number of halogens is 4. The first-order valence-electron chi connectivity index (χ1n) is 6.25. The normalized spacial score (nSPS) is 11.5. The Hall–Kier alpha value is -1.06. The average molecular weight is 376 g/mol. The molecule has 0 fully saturated rings. The van der Waals surface area contributed by atoms with Crippen LogP contribution in [0.25, 0.3) is 0 Å². The van der Waals surface area contributed by atoms with Gasteiger partial charge in [-0.15, -0.1) is 0 Å². The number of benzene rings is 2. The summed E-state index contributed by atoms with van der Waals surface area (Å²) in [6.07, 6.45) is 0. The Kier molecular flexibility index (Phi) is 5.51. The van der Waals surface area contributed by atoms with Gasteiger partial charge in [-0.05, 0) is 0 Å². The van der Waals surface area contributed by atoms with Crippen LogP contribution in [0, 0.1) is 0 Å². The second-order valence-electron chi connectivity index (χ2n) is 4.48. The van der Waals surface area contributed by atoms with E-state index >= 15 is 0 Å². The maximum atomic E-state index is 12.6. The zero-order valence-electron chi connectivity index (χ0n) is 11.1. The Morgan fingerprint density at radius 2 is 1.41 bits per heavy atom. The van der Waals surface area contributed by atoms with Crippen LogP contribution in [0.4, 0.5) is 0 Å². The highest BCUT2D eigenvalue weighted by Gasteiger charge is 2.39. The topological polar surface area (TPSA) is 34.1 Å². The summed E-state index contributed by atoms with van der Waals surface area (Å²) in [6, 6.07) is 14.6. The van der Waals surface area contributed by atoms with Crippen LogP contribution in [0.3, 0.4) is 0 Å². The quantitative estimate of drug-likeness (QED) is 0.532. The number of hydrogen-bond donors (Lipinski definition) is 0. The molecular formula is C16H10Cl4O2. The molecule has 0 aliphatic heterocycles. The van der Waals surface area contributed by atoms with Gasteiger partial charge in [0.2, 0.25) is 10.1 Å². The molecule has 0 saturated heterocycles. The lowest BCUT2D eigenvalue weighted by Gasteiger charge is -2.21. The third kappa shape index (κ3) is 3.47. The van der Waals surface area contributed by atoms with Crippen molar-refractivity contribution in [3.63, 3.8) is 0 Å². The van der Waals surface area contributed by atoms with E-state index in [1.807, 2.05) is 0 Å². The Labute approximate surface area is 147 Å². The van der Waals surface area contributed by atoms with Gasteiger partial charge < -0.3 is 0 Å². The lowest BCUT2D eigenvalue weighted by atomic mass is 9.96. The van der Waals surface area contributed by atoms with Gasteiger partial charge in [-0.2, -0.15) is 0 Å². The highest BCUT2D eigenvalue weighted by Crippen LogP contribution is 2.39. The van der Waals surface area contributed by atoms with Crippen molar-refractivity contribution < 1.29 is 9.59 Å². The molecule has 0 radical (unpaired) electrons. The second kappa shape index (κ2) is 7.01. The van der Waals surface area contributed by atoms with Crippen molar-refractivity contribution in [3.8, 4) is 0 Å². The summed E-state index contributed by atoms with van der Waals surface area (Å²) in [4.78, 5) is 23.4. The van der Waals surface area contributed by atoms with E-state index in [2.05, 4.69) is 0 Å². The van der Waals surface area contributed by atoms with Gasteiger partial charge in [-0.25, -0.2) is 0 Å². The molecular weight excluding hydrogens is 366 g/mol. The minimum absolute atomic E-state index is 0.117. The van der Waals surface area contributed by atoms with E-state index < -0.39 is 20.7 Å². The van der Waals surface area contributed by atoms with Gasteiger partial charge in [-0.1, -0.05) is 101 Å². The smallest absolute Gasteiger partial charge is 0.206 e. The van der Waals surface area contributed by atoms with Crippen molar-refractivity contribution >= 4 is 58.0 Å². The minimum atomic E-state index is -1.92. The zero-order valence-corrected chi connectivity index (χ0v) is 14.1. The first-order chi connectivity index (χ1) is 10.4. The highest BCUT2D eigenvalue weighted by molar-refractivity contribution is 6.60. The van der Waals surface area contributed by atoms with Crippen LogP contribution in [0.15, 0.2) is 54.6 Å². The predicted molar refractivity (Wildman–Crippen MR) is 90.4 cm³/mol. The van der Waals surface area contributed by atoms with Gasteiger partial charge >= 0.3 is 0 Å². The van der Waals surface area contributed by atoms with E-state index in [0.717, 1.165) is 0 Å². The summed E-state index contributed by atoms with van der Waals surface area (Å²) in [7, 11) is 0. The number of hydrogen-bond acceptors (Lipinski definition) is 2. The van der Waals surface area contributed by atoms with Crippen LogP contribution >= 0.6 is 46.4 Å². The molecule has 0 aromatic heterocycles. The Balaban J connectivity index is 2.50. The summed E-state index contributed by atoms with van der Waals surface area (Å²) in [5, 5.41) is 0. The van der Waals surface area contributed by atoms with E-state index in [9.17, 15) is 9.59 Å². The van der Waals surface area contributed by atoms with Crippen molar-refractivity contribution in [1.29, 1.82) is 0 Å². The van der Waals surface area contributed by atoms with Crippen LogP contribution in [-0.4, -0.2) is 16.4 Å². The van der Waals surface area contributed by atoms with Gasteiger partial charge in [-0.3, -0.25) is 9.59 Å². The van der Waals surface area contributed by atoms with E-state index in [0.29, 0.717) is 5.56 Å². The van der Waals surface area contributed by atoms with Crippen molar-refractivity contribution in [2.24, 2.45) is 0 Å². The third-order valence-corrected chi connectivity index (χ3v) is 4.20. The van der Waals surface area contributed by atoms with Crippen LogP contribution in [0.1, 0.15) is 26.3 Å². The monoisotopic (exact) mass is 374 g/mol. The lowest BCUT2D eigenvalue weighted by Crippen LogP contribution is -2.27. The minimum Gasteiger partial charge on any atom is -0.291 e. The number of rotatable bonds is 5. The van der Waals surface area contributed by atoms with Gasteiger partial charge in [0, 0.05) is 16.7 Å². The molecule has 0 spiro atoms. The Bertz CT molecular complexity index is 696. The lowest BCUT2D eigenvalue weighted by molar-refractivity contribution is 0.0971. The molecule has 0 atom stereocenters. The summed E-state index contributed by atoms with van der Waals surface area (Å²) in [6.45, 7) is 0. The van der Waals surface area contributed by atoms with Crippen LogP contribution in [0.2, 0.25) is 0 Å². The van der Waals surface area contributed by atoms with Gasteiger partial charge in [0.25, 0.3) is 0 Å². The zero-order chi connectivity index (χ0) is 16.3. The van der Waals surface area contributed by atoms with E-state index in [1.165, 1.54) is 12.1 Å². The van der Waals surface area contributed by atoms with Crippen LogP contribution in [-0.2, 0) is 4.33 Å². The Morgan fingerprint density at radius 3 is 2.00 bits per heavy atom. The molecule has 2 aromatic rings. The Morgan fingerprint density at radius 1 is 0.864 bits per heavy atom. The van der Waals surface area contributed by atoms with E-state index in [1.54, 1.807) is 42.5 Å². The van der Waals surface area contributed by atoms with Crippen molar-refractivity contribution in [3.05, 3.63) is 71.3 Å². The fourth-order valence-electron chi connectivity index (χ4n) is 1.98. The molecule has 2 nitrogen and oxygen atoms in total. The third-order valence-electron chi connectivity index (χ3n) is 3.05. The van der Waals surface area contributed by atoms with Crippen LogP contribution < -0.4 is 0 Å². The standard InChI is InChI=1S/C16H10Cl4O2/c17-15(18)13(21)11-8-4-5-9-12(11)16(19,20)14(22)10-6-2-1-3-7-10/h1-9,15H. The summed E-state index contributed by atoms with van der Waals surface area (Å²) < 4.78 is -1.92. The molecule has 0 aliphatic carbocycles. The second-order valence-corrected chi connectivity index (χ2v) is 6.90. The molecule has 0 unspecified atom stereocenters. The predicted octanol–water partition coefficient (Wildman–Crippen LogP) is 5.19. The molecule has 0 N–H and O–H groups in total. The summed E-state index contributed by atoms with van der Waals surface area (Å²) in [5.41, 5.74) is 0.610. The number of ketones is 2.